The highest BCUT2D eigenvalue weighted by Gasteiger charge is 2.27. The lowest BCUT2D eigenvalue weighted by Crippen LogP contribution is -2.23. The molecule has 0 aliphatic rings. The van der Waals surface area contributed by atoms with Crippen LogP contribution >= 0.6 is 0 Å². The summed E-state index contributed by atoms with van der Waals surface area (Å²) in [6.45, 7) is -0.182. The number of carbonyl (C=O) groups is 1. The number of hydrogen-bond acceptors (Lipinski definition) is 8. The summed E-state index contributed by atoms with van der Waals surface area (Å²) in [7, 11) is 2.83. The minimum absolute atomic E-state index is 0.0247. The average Bonchev–Trinajstić information content (AvgIpc) is 2.85. The summed E-state index contributed by atoms with van der Waals surface area (Å²) < 4.78 is 16.5. The fourth-order valence-corrected chi connectivity index (χ4v) is 3.48. The van der Waals surface area contributed by atoms with E-state index < -0.39 is 12.0 Å². The van der Waals surface area contributed by atoms with Crippen molar-refractivity contribution < 1.29 is 24.1 Å². The maximum Gasteiger partial charge on any atom is 0.333 e. The lowest BCUT2D eigenvalue weighted by atomic mass is 9.97. The predicted octanol–water partition coefficient (Wildman–Crippen LogP) is 2.93. The smallest absolute Gasteiger partial charge is 0.333 e. The van der Waals surface area contributed by atoms with Crippen LogP contribution in [0.4, 0.5) is 11.4 Å². The summed E-state index contributed by atoms with van der Waals surface area (Å²) in [4.78, 5) is 12.8. The fraction of sp³-hybridized carbons (Fsp3) is 0.200. The van der Waals surface area contributed by atoms with E-state index in [0.29, 0.717) is 39.6 Å². The fourth-order valence-electron chi connectivity index (χ4n) is 3.48. The molecule has 3 rings (SSSR count). The van der Waals surface area contributed by atoms with Crippen LogP contribution in [-0.2, 0) is 9.53 Å². The minimum atomic E-state index is -0.953. The van der Waals surface area contributed by atoms with Crippen LogP contribution in [0.1, 0.15) is 17.2 Å². The number of amidine groups is 1. The van der Waals surface area contributed by atoms with Crippen molar-refractivity contribution in [3.63, 3.8) is 0 Å². The Morgan fingerprint density at radius 2 is 1.82 bits per heavy atom. The maximum absolute atomic E-state index is 12.8. The van der Waals surface area contributed by atoms with Crippen molar-refractivity contribution in [3.05, 3.63) is 71.8 Å². The van der Waals surface area contributed by atoms with Crippen molar-refractivity contribution in [2.24, 2.45) is 5.73 Å². The van der Waals surface area contributed by atoms with Crippen LogP contribution < -0.4 is 26.3 Å². The summed E-state index contributed by atoms with van der Waals surface area (Å²) >= 11 is 0. The summed E-state index contributed by atoms with van der Waals surface area (Å²) in [5.41, 5.74) is 15.2. The standard InChI is InChI=1S/C25H28N4O5/c1-32-21-14-20(22(34-11-10-30)13-19(21)16-4-3-5-17(26)12-16)23(25(31)33-2)29-18-8-6-15(7-9-18)24(27)28/h3-9,12-14,23,29-30H,10-11,26H2,1-2H3,(H3,27,28). The highest BCUT2D eigenvalue weighted by molar-refractivity contribution is 5.95. The molecule has 0 saturated heterocycles. The third-order valence-corrected chi connectivity index (χ3v) is 5.13. The zero-order chi connectivity index (χ0) is 24.7. The number of nitrogens with two attached hydrogens (primary N) is 2. The van der Waals surface area contributed by atoms with Gasteiger partial charge in [0.2, 0.25) is 0 Å². The van der Waals surface area contributed by atoms with Crippen LogP contribution in [0.5, 0.6) is 11.5 Å². The van der Waals surface area contributed by atoms with E-state index >= 15 is 0 Å². The molecule has 1 atom stereocenters. The molecule has 7 N–H and O–H groups in total. The van der Waals surface area contributed by atoms with Gasteiger partial charge < -0.3 is 36.1 Å². The lowest BCUT2D eigenvalue weighted by Gasteiger charge is -2.23. The number of carbonyl (C=O) groups excluding carboxylic acids is 1. The molecule has 0 radical (unpaired) electrons. The van der Waals surface area contributed by atoms with Gasteiger partial charge >= 0.3 is 5.97 Å². The van der Waals surface area contributed by atoms with Crippen molar-refractivity contribution in [3.8, 4) is 22.6 Å². The van der Waals surface area contributed by atoms with Gasteiger partial charge in [0, 0.05) is 28.1 Å². The largest absolute Gasteiger partial charge is 0.496 e. The molecule has 0 bridgehead atoms. The van der Waals surface area contributed by atoms with Crippen LogP contribution in [-0.4, -0.2) is 44.3 Å². The Kier molecular flexibility index (Phi) is 7.94. The molecule has 0 heterocycles. The van der Waals surface area contributed by atoms with Gasteiger partial charge in [-0.1, -0.05) is 12.1 Å². The van der Waals surface area contributed by atoms with Crippen molar-refractivity contribution in [1.29, 1.82) is 5.41 Å². The Morgan fingerprint density at radius 3 is 2.41 bits per heavy atom. The lowest BCUT2D eigenvalue weighted by molar-refractivity contribution is -0.141. The number of hydrogen-bond donors (Lipinski definition) is 5. The van der Waals surface area contributed by atoms with Crippen molar-refractivity contribution in [2.75, 3.05) is 38.5 Å². The summed E-state index contributed by atoms with van der Waals surface area (Å²) in [6.07, 6.45) is 0. The van der Waals surface area contributed by atoms with Gasteiger partial charge in [-0.05, 0) is 54.1 Å². The second-order valence-electron chi connectivity index (χ2n) is 7.38. The molecule has 3 aromatic rings. The molecule has 34 heavy (non-hydrogen) atoms. The molecule has 9 heteroatoms. The molecule has 9 nitrogen and oxygen atoms in total. The van der Waals surface area contributed by atoms with Gasteiger partial charge in [-0.3, -0.25) is 5.41 Å². The topological polar surface area (TPSA) is 153 Å². The summed E-state index contributed by atoms with van der Waals surface area (Å²) in [5, 5.41) is 20.0. The molecule has 1 unspecified atom stereocenters. The molecule has 0 aliphatic carbocycles. The van der Waals surface area contributed by atoms with Crippen molar-refractivity contribution >= 4 is 23.2 Å². The number of rotatable bonds is 10. The summed E-state index contributed by atoms with van der Waals surface area (Å²) in [6, 6.07) is 16.5. The van der Waals surface area contributed by atoms with Crippen LogP contribution in [0.3, 0.4) is 0 Å². The maximum atomic E-state index is 12.8. The molecule has 0 aliphatic heterocycles. The van der Waals surface area contributed by atoms with Gasteiger partial charge in [0.1, 0.15) is 23.9 Å². The Morgan fingerprint density at radius 1 is 1.09 bits per heavy atom. The molecule has 0 fully saturated rings. The zero-order valence-corrected chi connectivity index (χ0v) is 19.0. The first-order valence-electron chi connectivity index (χ1n) is 10.5. The van der Waals surface area contributed by atoms with Gasteiger partial charge in [0.15, 0.2) is 6.04 Å². The number of aliphatic hydroxyl groups is 1. The van der Waals surface area contributed by atoms with Gasteiger partial charge in [0.25, 0.3) is 0 Å². The number of ether oxygens (including phenoxy) is 3. The van der Waals surface area contributed by atoms with E-state index in [1.165, 1.54) is 14.2 Å². The van der Waals surface area contributed by atoms with E-state index in [2.05, 4.69) is 5.32 Å². The normalized spacial score (nSPS) is 11.4. The molecule has 0 aromatic heterocycles. The van der Waals surface area contributed by atoms with E-state index in [9.17, 15) is 9.90 Å². The molecule has 178 valence electrons. The highest BCUT2D eigenvalue weighted by Crippen LogP contribution is 2.40. The van der Waals surface area contributed by atoms with Gasteiger partial charge in [-0.15, -0.1) is 0 Å². The van der Waals surface area contributed by atoms with E-state index in [1.807, 2.05) is 12.1 Å². The van der Waals surface area contributed by atoms with Crippen LogP contribution in [0.2, 0.25) is 0 Å². The molecule has 0 saturated carbocycles. The number of aliphatic hydroxyl groups excluding tert-OH is 1. The third-order valence-electron chi connectivity index (χ3n) is 5.13. The molecular formula is C25H28N4O5. The molecule has 3 aromatic carbocycles. The quantitative estimate of drug-likeness (QED) is 0.133. The van der Waals surface area contributed by atoms with E-state index in [1.54, 1.807) is 48.5 Å². The van der Waals surface area contributed by atoms with Crippen molar-refractivity contribution in [1.82, 2.24) is 0 Å². The Bertz CT molecular complexity index is 1160. The first-order chi connectivity index (χ1) is 16.4. The van der Waals surface area contributed by atoms with Crippen LogP contribution in [0, 0.1) is 5.41 Å². The second-order valence-corrected chi connectivity index (χ2v) is 7.38. The number of anilines is 2. The minimum Gasteiger partial charge on any atom is -0.496 e. The Hall–Kier alpha value is -4.24. The monoisotopic (exact) mass is 464 g/mol. The van der Waals surface area contributed by atoms with Gasteiger partial charge in [-0.25, -0.2) is 4.79 Å². The predicted molar refractivity (Wildman–Crippen MR) is 131 cm³/mol. The highest BCUT2D eigenvalue weighted by atomic mass is 16.5. The first-order valence-corrected chi connectivity index (χ1v) is 10.5. The van der Waals surface area contributed by atoms with E-state index in [0.717, 1.165) is 5.56 Å². The Balaban J connectivity index is 2.11. The zero-order valence-electron chi connectivity index (χ0n) is 19.0. The molecule has 0 spiro atoms. The van der Waals surface area contributed by atoms with Crippen LogP contribution in [0.15, 0.2) is 60.7 Å². The number of benzene rings is 3. The average molecular weight is 465 g/mol. The SMILES string of the molecule is COC(=O)C(Nc1ccc(C(=N)N)cc1)c1cc(OC)c(-c2cccc(N)c2)cc1OCCO. The van der Waals surface area contributed by atoms with E-state index in [4.69, 9.17) is 31.1 Å². The molecule has 0 amide bonds. The van der Waals surface area contributed by atoms with Gasteiger partial charge in [0.05, 0.1) is 20.8 Å². The number of esters is 1. The van der Waals surface area contributed by atoms with Crippen molar-refractivity contribution in [2.45, 2.75) is 6.04 Å². The third kappa shape index (κ3) is 5.57. The number of nitrogen functional groups attached to an aromatic ring is 2. The van der Waals surface area contributed by atoms with E-state index in [-0.39, 0.29) is 19.0 Å². The number of methoxy groups -OCH3 is 2. The first kappa shape index (κ1) is 24.4. The molecular weight excluding hydrogens is 436 g/mol. The second kappa shape index (κ2) is 11.1. The summed E-state index contributed by atoms with van der Waals surface area (Å²) in [5.74, 6) is 0.260. The number of nitrogens with one attached hydrogen (secondary N) is 2. The Labute approximate surface area is 197 Å². The van der Waals surface area contributed by atoms with Crippen LogP contribution in [0.25, 0.3) is 11.1 Å². The van der Waals surface area contributed by atoms with Gasteiger partial charge in [-0.2, -0.15) is 0 Å².